The van der Waals surface area contributed by atoms with Gasteiger partial charge in [0.05, 0.1) is 0 Å². The summed E-state index contributed by atoms with van der Waals surface area (Å²) in [6.45, 7) is 5.02. The second kappa shape index (κ2) is 4.45. The fourth-order valence-electron chi connectivity index (χ4n) is 3.13. The van der Waals surface area contributed by atoms with Crippen molar-refractivity contribution in [3.8, 4) is 0 Å². The first-order valence-electron chi connectivity index (χ1n) is 6.07. The van der Waals surface area contributed by atoms with E-state index in [4.69, 9.17) is 0 Å². The van der Waals surface area contributed by atoms with E-state index < -0.39 is 0 Å². The molecule has 1 nitrogen and oxygen atoms in total. The molecule has 0 aromatic carbocycles. The van der Waals surface area contributed by atoms with E-state index in [1.165, 1.54) is 51.6 Å². The third-order valence-electron chi connectivity index (χ3n) is 4.08. The standard InChI is InChI=1S/C12H23N/c1-10(12-6-7-13-9-12)8-11-4-2-3-5-11/h10-13H,2-9H2,1H3. The lowest BCUT2D eigenvalue weighted by atomic mass is 9.85. The maximum absolute atomic E-state index is 3.48. The summed E-state index contributed by atoms with van der Waals surface area (Å²) < 4.78 is 0. The Morgan fingerprint density at radius 3 is 2.62 bits per heavy atom. The number of hydrogen-bond donors (Lipinski definition) is 1. The lowest BCUT2D eigenvalue weighted by Gasteiger charge is -2.21. The molecule has 0 spiro atoms. The van der Waals surface area contributed by atoms with Crippen molar-refractivity contribution < 1.29 is 0 Å². The van der Waals surface area contributed by atoms with Gasteiger partial charge < -0.3 is 5.32 Å². The summed E-state index contributed by atoms with van der Waals surface area (Å²) in [4.78, 5) is 0. The molecule has 0 aromatic rings. The second-order valence-electron chi connectivity index (χ2n) is 5.12. The Balaban J connectivity index is 1.73. The highest BCUT2D eigenvalue weighted by atomic mass is 14.9. The molecule has 1 saturated carbocycles. The van der Waals surface area contributed by atoms with Crippen LogP contribution >= 0.6 is 0 Å². The summed E-state index contributed by atoms with van der Waals surface area (Å²) in [5.74, 6) is 3.04. The van der Waals surface area contributed by atoms with Crippen LogP contribution in [0.25, 0.3) is 0 Å². The molecule has 13 heavy (non-hydrogen) atoms. The van der Waals surface area contributed by atoms with E-state index in [2.05, 4.69) is 12.2 Å². The van der Waals surface area contributed by atoms with Crippen molar-refractivity contribution in [1.82, 2.24) is 5.32 Å². The fourth-order valence-corrected chi connectivity index (χ4v) is 3.13. The van der Waals surface area contributed by atoms with Crippen LogP contribution in [0, 0.1) is 17.8 Å². The third kappa shape index (κ3) is 2.46. The predicted octanol–water partition coefficient (Wildman–Crippen LogP) is 2.81. The van der Waals surface area contributed by atoms with Crippen LogP contribution in [0.2, 0.25) is 0 Å². The summed E-state index contributed by atoms with van der Waals surface area (Å²) in [6.07, 6.45) is 8.97. The van der Waals surface area contributed by atoms with E-state index in [0.29, 0.717) is 0 Å². The van der Waals surface area contributed by atoms with E-state index in [9.17, 15) is 0 Å². The van der Waals surface area contributed by atoms with Crippen LogP contribution in [0.4, 0.5) is 0 Å². The molecular weight excluding hydrogens is 158 g/mol. The molecule has 1 aliphatic heterocycles. The Morgan fingerprint density at radius 2 is 2.00 bits per heavy atom. The molecule has 0 aromatic heterocycles. The zero-order valence-electron chi connectivity index (χ0n) is 8.89. The van der Waals surface area contributed by atoms with Crippen molar-refractivity contribution in [3.63, 3.8) is 0 Å². The van der Waals surface area contributed by atoms with Crippen molar-refractivity contribution in [2.75, 3.05) is 13.1 Å². The maximum Gasteiger partial charge on any atom is -0.00175 e. The first-order valence-corrected chi connectivity index (χ1v) is 6.07. The lowest BCUT2D eigenvalue weighted by Crippen LogP contribution is -2.17. The minimum absolute atomic E-state index is 0.970. The van der Waals surface area contributed by atoms with Gasteiger partial charge in [0.15, 0.2) is 0 Å². The number of hydrogen-bond acceptors (Lipinski definition) is 1. The summed E-state index contributed by atoms with van der Waals surface area (Å²) in [5.41, 5.74) is 0. The van der Waals surface area contributed by atoms with Crippen LogP contribution in [0.15, 0.2) is 0 Å². The van der Waals surface area contributed by atoms with Gasteiger partial charge in [-0.15, -0.1) is 0 Å². The van der Waals surface area contributed by atoms with Gasteiger partial charge >= 0.3 is 0 Å². The Labute approximate surface area is 82.3 Å². The molecule has 1 heteroatoms. The van der Waals surface area contributed by atoms with E-state index in [1.807, 2.05) is 0 Å². The van der Waals surface area contributed by atoms with Crippen LogP contribution in [0.1, 0.15) is 45.4 Å². The third-order valence-corrected chi connectivity index (χ3v) is 4.08. The average molecular weight is 181 g/mol. The monoisotopic (exact) mass is 181 g/mol. The van der Waals surface area contributed by atoms with Gasteiger partial charge in [-0.3, -0.25) is 0 Å². The first kappa shape index (κ1) is 9.51. The van der Waals surface area contributed by atoms with Crippen LogP contribution in [0.3, 0.4) is 0 Å². The van der Waals surface area contributed by atoms with Crippen molar-refractivity contribution in [2.24, 2.45) is 17.8 Å². The summed E-state index contributed by atoms with van der Waals surface area (Å²) in [5, 5.41) is 3.48. The summed E-state index contributed by atoms with van der Waals surface area (Å²) in [7, 11) is 0. The molecule has 2 fully saturated rings. The van der Waals surface area contributed by atoms with Crippen molar-refractivity contribution >= 4 is 0 Å². The Hall–Kier alpha value is -0.0400. The Morgan fingerprint density at radius 1 is 1.23 bits per heavy atom. The average Bonchev–Trinajstić information content (AvgIpc) is 2.74. The topological polar surface area (TPSA) is 12.0 Å². The van der Waals surface area contributed by atoms with Gasteiger partial charge in [0.2, 0.25) is 0 Å². The van der Waals surface area contributed by atoms with Gasteiger partial charge in [-0.05, 0) is 43.7 Å². The molecular formula is C12H23N. The molecule has 1 saturated heterocycles. The largest absolute Gasteiger partial charge is 0.316 e. The van der Waals surface area contributed by atoms with E-state index in [0.717, 1.165) is 17.8 Å². The van der Waals surface area contributed by atoms with Crippen LogP contribution in [-0.2, 0) is 0 Å². The Kier molecular flexibility index (Phi) is 3.26. The van der Waals surface area contributed by atoms with Crippen LogP contribution < -0.4 is 5.32 Å². The van der Waals surface area contributed by atoms with Crippen molar-refractivity contribution in [1.29, 1.82) is 0 Å². The first-order chi connectivity index (χ1) is 6.36. The van der Waals surface area contributed by atoms with Crippen molar-refractivity contribution in [2.45, 2.75) is 45.4 Å². The van der Waals surface area contributed by atoms with Gasteiger partial charge in [-0.25, -0.2) is 0 Å². The van der Waals surface area contributed by atoms with Gasteiger partial charge in [0.25, 0.3) is 0 Å². The molecule has 2 unspecified atom stereocenters. The number of rotatable bonds is 3. The molecule has 0 bridgehead atoms. The lowest BCUT2D eigenvalue weighted by molar-refractivity contribution is 0.304. The molecule has 0 radical (unpaired) electrons. The van der Waals surface area contributed by atoms with Crippen LogP contribution in [-0.4, -0.2) is 13.1 Å². The van der Waals surface area contributed by atoms with E-state index in [1.54, 1.807) is 0 Å². The van der Waals surface area contributed by atoms with E-state index >= 15 is 0 Å². The van der Waals surface area contributed by atoms with Gasteiger partial charge in [0.1, 0.15) is 0 Å². The highest BCUT2D eigenvalue weighted by Gasteiger charge is 2.25. The zero-order chi connectivity index (χ0) is 9.10. The molecule has 0 amide bonds. The second-order valence-corrected chi connectivity index (χ2v) is 5.12. The molecule has 1 aliphatic carbocycles. The fraction of sp³-hybridized carbons (Fsp3) is 1.00. The minimum Gasteiger partial charge on any atom is -0.316 e. The van der Waals surface area contributed by atoms with Gasteiger partial charge in [0, 0.05) is 0 Å². The quantitative estimate of drug-likeness (QED) is 0.706. The molecule has 2 aliphatic rings. The molecule has 1 N–H and O–H groups in total. The highest BCUT2D eigenvalue weighted by molar-refractivity contribution is 4.79. The van der Waals surface area contributed by atoms with Gasteiger partial charge in [-0.1, -0.05) is 32.6 Å². The maximum atomic E-state index is 3.48. The predicted molar refractivity (Wildman–Crippen MR) is 56.7 cm³/mol. The molecule has 76 valence electrons. The van der Waals surface area contributed by atoms with Crippen molar-refractivity contribution in [3.05, 3.63) is 0 Å². The summed E-state index contributed by atoms with van der Waals surface area (Å²) in [6, 6.07) is 0. The van der Waals surface area contributed by atoms with Gasteiger partial charge in [-0.2, -0.15) is 0 Å². The molecule has 1 heterocycles. The minimum atomic E-state index is 0.970. The normalized spacial score (nSPS) is 32.5. The summed E-state index contributed by atoms with van der Waals surface area (Å²) >= 11 is 0. The Bertz CT molecular complexity index is 143. The SMILES string of the molecule is CC(CC1CCCC1)C1CCNC1. The molecule has 2 atom stereocenters. The number of nitrogens with one attached hydrogen (secondary N) is 1. The highest BCUT2D eigenvalue weighted by Crippen LogP contribution is 2.33. The smallest absolute Gasteiger partial charge is 0.00175 e. The van der Waals surface area contributed by atoms with Crippen LogP contribution in [0.5, 0.6) is 0 Å². The molecule has 2 rings (SSSR count). The van der Waals surface area contributed by atoms with E-state index in [-0.39, 0.29) is 0 Å². The zero-order valence-corrected chi connectivity index (χ0v) is 8.89.